The van der Waals surface area contributed by atoms with Gasteiger partial charge in [-0.3, -0.25) is 4.79 Å². The Morgan fingerprint density at radius 1 is 1.45 bits per heavy atom. The number of likely N-dealkylation sites (tertiary alicyclic amines) is 1. The van der Waals surface area contributed by atoms with E-state index < -0.39 is 5.60 Å². The van der Waals surface area contributed by atoms with Gasteiger partial charge in [0.1, 0.15) is 5.76 Å². The van der Waals surface area contributed by atoms with E-state index in [4.69, 9.17) is 4.42 Å². The van der Waals surface area contributed by atoms with Crippen LogP contribution in [0.15, 0.2) is 10.8 Å². The number of amides is 1. The van der Waals surface area contributed by atoms with Crippen LogP contribution in [0.5, 0.6) is 0 Å². The van der Waals surface area contributed by atoms with Crippen molar-refractivity contribution in [2.45, 2.75) is 51.6 Å². The van der Waals surface area contributed by atoms with Crippen LogP contribution in [-0.4, -0.2) is 39.6 Å². The molecule has 1 aliphatic carbocycles. The first-order valence-corrected chi connectivity index (χ1v) is 7.27. The van der Waals surface area contributed by atoms with Crippen molar-refractivity contribution >= 4 is 5.91 Å². The number of oxazole rings is 1. The first kappa shape index (κ1) is 13.6. The summed E-state index contributed by atoms with van der Waals surface area (Å²) in [5, 5.41) is 10.4. The molecule has 1 saturated heterocycles. The van der Waals surface area contributed by atoms with E-state index in [-0.39, 0.29) is 11.3 Å². The summed E-state index contributed by atoms with van der Waals surface area (Å²) in [5.74, 6) is 1.05. The van der Waals surface area contributed by atoms with Crippen LogP contribution in [0, 0.1) is 5.41 Å². The molecular weight excluding hydrogens is 256 g/mol. The maximum atomic E-state index is 12.6. The normalized spacial score (nSPS) is 29.5. The highest BCUT2D eigenvalue weighted by molar-refractivity contribution is 5.93. The Labute approximate surface area is 119 Å². The molecule has 0 spiro atoms. The minimum Gasteiger partial charge on any atom is -0.447 e. The van der Waals surface area contributed by atoms with Crippen molar-refractivity contribution in [2.24, 2.45) is 5.41 Å². The lowest BCUT2D eigenvalue weighted by Crippen LogP contribution is -2.57. The number of carbonyl (C=O) groups excluding carboxylic acids is 1. The minimum absolute atomic E-state index is 0.0655. The summed E-state index contributed by atoms with van der Waals surface area (Å²) >= 11 is 0. The lowest BCUT2D eigenvalue weighted by atomic mass is 9.71. The molecule has 5 nitrogen and oxygen atoms in total. The number of aromatic nitrogens is 1. The molecule has 1 N–H and O–H groups in total. The molecular formula is C15H22N2O3. The second-order valence-corrected chi connectivity index (χ2v) is 6.97. The van der Waals surface area contributed by atoms with Crippen molar-refractivity contribution in [3.05, 3.63) is 17.8 Å². The molecule has 1 aliphatic heterocycles. The van der Waals surface area contributed by atoms with Gasteiger partial charge in [-0.15, -0.1) is 0 Å². The summed E-state index contributed by atoms with van der Waals surface area (Å²) in [4.78, 5) is 18.5. The average Bonchev–Trinajstić information content (AvgIpc) is 3.10. The number of piperidine rings is 1. The zero-order valence-electron chi connectivity index (χ0n) is 12.3. The van der Waals surface area contributed by atoms with Gasteiger partial charge in [0.15, 0.2) is 12.1 Å². The first-order valence-electron chi connectivity index (χ1n) is 7.27. The molecule has 20 heavy (non-hydrogen) atoms. The zero-order chi connectivity index (χ0) is 14.5. The lowest BCUT2D eigenvalue weighted by Gasteiger charge is -2.48. The van der Waals surface area contributed by atoms with Crippen LogP contribution < -0.4 is 0 Å². The molecule has 1 amide bonds. The Morgan fingerprint density at radius 3 is 2.75 bits per heavy atom. The fourth-order valence-electron chi connectivity index (χ4n) is 2.79. The van der Waals surface area contributed by atoms with Crippen LogP contribution >= 0.6 is 0 Å². The zero-order valence-corrected chi connectivity index (χ0v) is 12.3. The smallest absolute Gasteiger partial charge is 0.276 e. The summed E-state index contributed by atoms with van der Waals surface area (Å²) in [6.45, 7) is 6.94. The molecule has 1 saturated carbocycles. The number of aliphatic hydroxyl groups is 1. The molecule has 5 heteroatoms. The minimum atomic E-state index is -0.743. The molecule has 2 fully saturated rings. The van der Waals surface area contributed by atoms with Gasteiger partial charge >= 0.3 is 0 Å². The van der Waals surface area contributed by atoms with E-state index in [1.807, 2.05) is 20.8 Å². The monoisotopic (exact) mass is 278 g/mol. The van der Waals surface area contributed by atoms with E-state index >= 15 is 0 Å². The number of nitrogens with zero attached hydrogens (tertiary/aromatic N) is 2. The Morgan fingerprint density at radius 2 is 2.15 bits per heavy atom. The van der Waals surface area contributed by atoms with E-state index in [9.17, 15) is 9.90 Å². The number of hydrogen-bond acceptors (Lipinski definition) is 4. The molecule has 2 aliphatic rings. The molecule has 110 valence electrons. The van der Waals surface area contributed by atoms with Crippen molar-refractivity contribution in [3.8, 4) is 0 Å². The predicted octanol–water partition coefficient (Wildman–Crippen LogP) is 2.18. The van der Waals surface area contributed by atoms with Gasteiger partial charge < -0.3 is 14.4 Å². The molecule has 1 aromatic rings. The Hall–Kier alpha value is -1.36. The molecule has 0 unspecified atom stereocenters. The summed E-state index contributed by atoms with van der Waals surface area (Å²) < 4.78 is 5.39. The fraction of sp³-hybridized carbons (Fsp3) is 0.733. The van der Waals surface area contributed by atoms with Gasteiger partial charge in [0, 0.05) is 24.4 Å². The van der Waals surface area contributed by atoms with Gasteiger partial charge in [0.2, 0.25) is 0 Å². The Balaban J connectivity index is 1.80. The van der Waals surface area contributed by atoms with Gasteiger partial charge in [-0.2, -0.15) is 0 Å². The highest BCUT2D eigenvalue weighted by atomic mass is 16.3. The van der Waals surface area contributed by atoms with E-state index in [0.717, 1.165) is 18.6 Å². The topological polar surface area (TPSA) is 66.6 Å². The second-order valence-electron chi connectivity index (χ2n) is 6.97. The van der Waals surface area contributed by atoms with Crippen molar-refractivity contribution < 1.29 is 14.3 Å². The summed E-state index contributed by atoms with van der Waals surface area (Å²) in [7, 11) is 0. The third-order valence-corrected chi connectivity index (χ3v) is 4.95. The van der Waals surface area contributed by atoms with Gasteiger partial charge in [-0.05, 0) is 26.2 Å². The van der Waals surface area contributed by atoms with Gasteiger partial charge in [-0.25, -0.2) is 4.98 Å². The van der Waals surface area contributed by atoms with E-state index in [1.54, 1.807) is 4.90 Å². The van der Waals surface area contributed by atoms with Crippen molar-refractivity contribution in [1.82, 2.24) is 9.88 Å². The third-order valence-electron chi connectivity index (χ3n) is 4.95. The summed E-state index contributed by atoms with van der Waals surface area (Å²) in [5.41, 5.74) is -0.609. The van der Waals surface area contributed by atoms with Gasteiger partial charge in [0.05, 0.1) is 5.60 Å². The van der Waals surface area contributed by atoms with Crippen molar-refractivity contribution in [1.29, 1.82) is 0 Å². The summed E-state index contributed by atoms with van der Waals surface area (Å²) in [6.07, 6.45) is 4.11. The molecule has 2 heterocycles. The number of carbonyl (C=O) groups is 1. The highest BCUT2D eigenvalue weighted by Gasteiger charge is 2.46. The Bertz CT molecular complexity index is 529. The van der Waals surface area contributed by atoms with Crippen molar-refractivity contribution in [2.75, 3.05) is 13.1 Å². The van der Waals surface area contributed by atoms with Crippen LogP contribution in [0.2, 0.25) is 0 Å². The van der Waals surface area contributed by atoms with Crippen LogP contribution in [-0.2, 0) is 0 Å². The lowest BCUT2D eigenvalue weighted by molar-refractivity contribution is -0.0971. The predicted molar refractivity (Wildman–Crippen MR) is 73.4 cm³/mol. The van der Waals surface area contributed by atoms with Crippen molar-refractivity contribution in [3.63, 3.8) is 0 Å². The van der Waals surface area contributed by atoms with Gasteiger partial charge in [-0.1, -0.05) is 13.8 Å². The largest absolute Gasteiger partial charge is 0.447 e. The number of hydrogen-bond donors (Lipinski definition) is 1. The second kappa shape index (κ2) is 4.32. The molecule has 1 atom stereocenters. The molecule has 0 radical (unpaired) electrons. The van der Waals surface area contributed by atoms with E-state index in [0.29, 0.717) is 31.1 Å². The molecule has 3 rings (SSSR count). The third kappa shape index (κ3) is 2.14. The maximum Gasteiger partial charge on any atom is 0.276 e. The van der Waals surface area contributed by atoms with Crippen LogP contribution in [0.4, 0.5) is 0 Å². The van der Waals surface area contributed by atoms with E-state index in [2.05, 4.69) is 4.98 Å². The van der Waals surface area contributed by atoms with Crippen LogP contribution in [0.1, 0.15) is 62.2 Å². The summed E-state index contributed by atoms with van der Waals surface area (Å²) in [6, 6.07) is 0. The van der Waals surface area contributed by atoms with Crippen LogP contribution in [0.3, 0.4) is 0 Å². The fourth-order valence-corrected chi connectivity index (χ4v) is 2.79. The van der Waals surface area contributed by atoms with Gasteiger partial charge in [0.25, 0.3) is 5.91 Å². The standard InChI is InChI=1S/C15H22N2O3/c1-14(2)8-17(7-6-15(14,3)19)13(18)11-12(10-4-5-10)20-9-16-11/h9-10,19H,4-8H2,1-3H3/t15-/m0/s1. The van der Waals surface area contributed by atoms with Crippen LogP contribution in [0.25, 0.3) is 0 Å². The van der Waals surface area contributed by atoms with E-state index in [1.165, 1.54) is 6.39 Å². The molecule has 0 bridgehead atoms. The number of rotatable bonds is 2. The molecule has 0 aromatic carbocycles. The highest BCUT2D eigenvalue weighted by Crippen LogP contribution is 2.43. The average molecular weight is 278 g/mol. The molecule has 1 aromatic heterocycles. The quantitative estimate of drug-likeness (QED) is 0.900. The Kier molecular flexibility index (Phi) is 2.94. The maximum absolute atomic E-state index is 12.6. The first-order chi connectivity index (χ1) is 9.32. The SMILES string of the molecule is CC1(C)CN(C(=O)c2ncoc2C2CC2)CC[C@]1(C)O.